The Labute approximate surface area is 122 Å². The summed E-state index contributed by atoms with van der Waals surface area (Å²) >= 11 is 0. The smallest absolute Gasteiger partial charge is 0.131 e. The molecule has 0 spiro atoms. The van der Waals surface area contributed by atoms with Crippen LogP contribution in [0.25, 0.3) is 11.1 Å². The van der Waals surface area contributed by atoms with Crippen molar-refractivity contribution >= 4 is 0 Å². The van der Waals surface area contributed by atoms with Crippen molar-refractivity contribution in [2.75, 3.05) is 0 Å². The van der Waals surface area contributed by atoms with Gasteiger partial charge in [0.15, 0.2) is 0 Å². The third-order valence-corrected chi connectivity index (χ3v) is 3.42. The van der Waals surface area contributed by atoms with Crippen molar-refractivity contribution in [2.45, 2.75) is 6.54 Å². The molecule has 0 amide bonds. The molecule has 0 bridgehead atoms. The Morgan fingerprint density at radius 2 is 1.71 bits per heavy atom. The molecule has 1 nitrogen and oxygen atoms in total. The van der Waals surface area contributed by atoms with Crippen LogP contribution in [0.15, 0.2) is 60.8 Å². The maximum atomic E-state index is 13.8. The Morgan fingerprint density at radius 3 is 2.48 bits per heavy atom. The van der Waals surface area contributed by atoms with Gasteiger partial charge in [0.25, 0.3) is 0 Å². The van der Waals surface area contributed by atoms with Crippen LogP contribution in [-0.4, -0.2) is 4.57 Å². The normalized spacial score (nSPS) is 10.8. The molecule has 2 aromatic carbocycles. The van der Waals surface area contributed by atoms with Crippen molar-refractivity contribution in [3.8, 4) is 11.1 Å². The quantitative estimate of drug-likeness (QED) is 0.658. The molecule has 3 rings (SSSR count). The van der Waals surface area contributed by atoms with Gasteiger partial charge in [-0.05, 0) is 36.8 Å². The van der Waals surface area contributed by atoms with E-state index in [0.717, 1.165) is 23.4 Å². The van der Waals surface area contributed by atoms with Crippen molar-refractivity contribution in [1.29, 1.82) is 0 Å². The van der Waals surface area contributed by atoms with E-state index in [1.807, 2.05) is 34.9 Å². The first-order valence-corrected chi connectivity index (χ1v) is 6.65. The van der Waals surface area contributed by atoms with Crippen molar-refractivity contribution in [1.82, 2.24) is 4.57 Å². The van der Waals surface area contributed by atoms with Crippen LogP contribution in [0.4, 0.5) is 8.78 Å². The summed E-state index contributed by atoms with van der Waals surface area (Å²) in [7, 11) is 0. The molecule has 0 saturated carbocycles. The van der Waals surface area contributed by atoms with Gasteiger partial charge in [0.2, 0.25) is 0 Å². The first-order valence-electron chi connectivity index (χ1n) is 6.65. The van der Waals surface area contributed by atoms with E-state index in [-0.39, 0.29) is 5.56 Å². The van der Waals surface area contributed by atoms with E-state index in [1.54, 1.807) is 12.3 Å². The number of hydrogen-bond acceptors (Lipinski definition) is 0. The highest BCUT2D eigenvalue weighted by atomic mass is 19.1. The molecule has 0 unspecified atom stereocenters. The standard InChI is InChI=1S/C18H14F2N/c1-13-9-15(17-10-16(19)7-8-18(17)20)12-21(13)11-14-5-3-2-4-6-14/h2-10,12H,1,11H2. The van der Waals surface area contributed by atoms with E-state index in [4.69, 9.17) is 0 Å². The van der Waals surface area contributed by atoms with Crippen LogP contribution in [0.1, 0.15) is 11.3 Å². The molecule has 0 aliphatic heterocycles. The minimum absolute atomic E-state index is 0.256. The van der Waals surface area contributed by atoms with Gasteiger partial charge in [-0.2, -0.15) is 0 Å². The molecule has 1 radical (unpaired) electrons. The summed E-state index contributed by atoms with van der Waals surface area (Å²) in [5.74, 6) is -0.888. The third kappa shape index (κ3) is 2.87. The monoisotopic (exact) mass is 282 g/mol. The van der Waals surface area contributed by atoms with Crippen LogP contribution in [0.5, 0.6) is 0 Å². The Hall–Kier alpha value is -2.42. The van der Waals surface area contributed by atoms with Gasteiger partial charge in [0.05, 0.1) is 0 Å². The number of aromatic nitrogens is 1. The fraction of sp³-hybridized carbons (Fsp3) is 0.0556. The first kappa shape index (κ1) is 13.6. The van der Waals surface area contributed by atoms with Crippen molar-refractivity contribution in [2.24, 2.45) is 0 Å². The van der Waals surface area contributed by atoms with E-state index in [9.17, 15) is 8.78 Å². The Bertz CT molecular complexity index is 760. The van der Waals surface area contributed by atoms with E-state index in [0.29, 0.717) is 12.1 Å². The molecule has 1 heterocycles. The highest BCUT2D eigenvalue weighted by Gasteiger charge is 2.10. The molecule has 0 aliphatic carbocycles. The van der Waals surface area contributed by atoms with Gasteiger partial charge in [0.1, 0.15) is 11.6 Å². The van der Waals surface area contributed by atoms with Crippen molar-refractivity contribution < 1.29 is 8.78 Å². The molecule has 0 atom stereocenters. The predicted octanol–water partition coefficient (Wildman–Crippen LogP) is 4.66. The first-order chi connectivity index (χ1) is 10.1. The molecule has 105 valence electrons. The molecule has 0 saturated heterocycles. The average molecular weight is 282 g/mol. The van der Waals surface area contributed by atoms with Gasteiger partial charge in [-0.25, -0.2) is 8.78 Å². The minimum atomic E-state index is -0.451. The lowest BCUT2D eigenvalue weighted by Gasteiger charge is -2.05. The summed E-state index contributed by atoms with van der Waals surface area (Å²) in [6.45, 7) is 4.61. The summed E-state index contributed by atoms with van der Waals surface area (Å²) in [5, 5.41) is 0. The second-order valence-corrected chi connectivity index (χ2v) is 4.96. The predicted molar refractivity (Wildman–Crippen MR) is 79.8 cm³/mol. The second kappa shape index (κ2) is 5.52. The van der Waals surface area contributed by atoms with E-state index in [1.165, 1.54) is 6.07 Å². The number of hydrogen-bond donors (Lipinski definition) is 0. The third-order valence-electron chi connectivity index (χ3n) is 3.42. The zero-order chi connectivity index (χ0) is 14.8. The Morgan fingerprint density at radius 1 is 0.952 bits per heavy atom. The molecular weight excluding hydrogens is 268 g/mol. The SMILES string of the molecule is [CH2]c1cc(-c2cc(F)ccc2F)cn1Cc1ccccc1. The average Bonchev–Trinajstić information content (AvgIpc) is 2.84. The Balaban J connectivity index is 1.96. The van der Waals surface area contributed by atoms with Gasteiger partial charge < -0.3 is 4.57 Å². The zero-order valence-corrected chi connectivity index (χ0v) is 11.4. The van der Waals surface area contributed by atoms with Crippen LogP contribution in [0, 0.1) is 18.6 Å². The fourth-order valence-electron chi connectivity index (χ4n) is 2.34. The lowest BCUT2D eigenvalue weighted by atomic mass is 10.1. The van der Waals surface area contributed by atoms with Gasteiger partial charge >= 0.3 is 0 Å². The van der Waals surface area contributed by atoms with Crippen molar-refractivity contribution in [3.05, 3.63) is 90.6 Å². The van der Waals surface area contributed by atoms with Gasteiger partial charge in [0, 0.05) is 29.6 Å². The van der Waals surface area contributed by atoms with E-state index < -0.39 is 11.6 Å². The maximum absolute atomic E-state index is 13.8. The number of nitrogens with zero attached hydrogens (tertiary/aromatic N) is 1. The summed E-state index contributed by atoms with van der Waals surface area (Å²) in [5.41, 5.74) is 2.78. The summed E-state index contributed by atoms with van der Waals surface area (Å²) in [4.78, 5) is 0. The van der Waals surface area contributed by atoms with E-state index >= 15 is 0 Å². The molecule has 1 aromatic heterocycles. The number of halogens is 2. The molecular formula is C18H14F2N. The summed E-state index contributed by atoms with van der Waals surface area (Å²) < 4.78 is 29.1. The molecule has 0 aliphatic rings. The summed E-state index contributed by atoms with van der Waals surface area (Å²) in [6.07, 6.45) is 1.80. The highest BCUT2D eigenvalue weighted by molar-refractivity contribution is 5.64. The van der Waals surface area contributed by atoms with Gasteiger partial charge in [-0.3, -0.25) is 0 Å². The Kier molecular flexibility index (Phi) is 3.57. The van der Waals surface area contributed by atoms with Crippen LogP contribution in [0.2, 0.25) is 0 Å². The maximum Gasteiger partial charge on any atom is 0.131 e. The van der Waals surface area contributed by atoms with Gasteiger partial charge in [-0.1, -0.05) is 30.3 Å². The second-order valence-electron chi connectivity index (χ2n) is 4.96. The molecule has 3 aromatic rings. The highest BCUT2D eigenvalue weighted by Crippen LogP contribution is 2.26. The summed E-state index contributed by atoms with van der Waals surface area (Å²) in [6, 6.07) is 15.1. The fourth-order valence-corrected chi connectivity index (χ4v) is 2.34. The van der Waals surface area contributed by atoms with Crippen LogP contribution >= 0.6 is 0 Å². The number of rotatable bonds is 3. The largest absolute Gasteiger partial charge is 0.346 e. The van der Waals surface area contributed by atoms with Gasteiger partial charge in [-0.15, -0.1) is 0 Å². The van der Waals surface area contributed by atoms with Crippen LogP contribution in [0.3, 0.4) is 0 Å². The lowest BCUT2D eigenvalue weighted by Crippen LogP contribution is -1.99. The number of benzene rings is 2. The topological polar surface area (TPSA) is 4.93 Å². The molecule has 0 N–H and O–H groups in total. The van der Waals surface area contributed by atoms with E-state index in [2.05, 4.69) is 6.92 Å². The zero-order valence-electron chi connectivity index (χ0n) is 11.4. The molecule has 21 heavy (non-hydrogen) atoms. The molecule has 0 fully saturated rings. The van der Waals surface area contributed by atoms with Crippen LogP contribution < -0.4 is 0 Å². The molecule has 3 heteroatoms. The van der Waals surface area contributed by atoms with Crippen LogP contribution in [-0.2, 0) is 6.54 Å². The lowest BCUT2D eigenvalue weighted by molar-refractivity contribution is 0.603. The minimum Gasteiger partial charge on any atom is -0.346 e. The van der Waals surface area contributed by atoms with Crippen molar-refractivity contribution in [3.63, 3.8) is 0 Å².